The zero-order valence-corrected chi connectivity index (χ0v) is 11.8. The van der Waals surface area contributed by atoms with Crippen molar-refractivity contribution in [3.8, 4) is 0 Å². The van der Waals surface area contributed by atoms with Crippen molar-refractivity contribution in [1.82, 2.24) is 0 Å². The molecular weight excluding hydrogens is 246 g/mol. The smallest absolute Gasteiger partial charge is 0 e. The summed E-state index contributed by atoms with van der Waals surface area (Å²) in [4.78, 5) is 0. The third-order valence-electron chi connectivity index (χ3n) is 0. The van der Waals surface area contributed by atoms with E-state index in [1.807, 2.05) is 0 Å². The average Bonchev–Trinajstić information content (AvgIpc) is 0. The fourth-order valence-corrected chi connectivity index (χ4v) is 0. The summed E-state index contributed by atoms with van der Waals surface area (Å²) in [5, 5.41) is 0. The van der Waals surface area contributed by atoms with Gasteiger partial charge in [0, 0.05) is 128 Å². The predicted octanol–water partition coefficient (Wildman–Crippen LogP) is -2.67. The quantitative estimate of drug-likeness (QED) is 0.409. The minimum Gasteiger partial charge on any atom is 0 e. The van der Waals surface area contributed by atoms with Crippen LogP contribution in [0.3, 0.4) is 0 Å². The maximum atomic E-state index is 0. The molecule has 0 amide bonds. The molecule has 0 fully saturated rings. The van der Waals surface area contributed by atoms with Gasteiger partial charge >= 0.3 is 0 Å². The largest absolute Gasteiger partial charge is 0 e. The van der Waals surface area contributed by atoms with Gasteiger partial charge in [0.15, 0.2) is 0 Å². The Kier molecular flexibility index (Phi) is 494. The number of rotatable bonds is 0. The summed E-state index contributed by atoms with van der Waals surface area (Å²) in [7, 11) is 0. The molecule has 0 aliphatic carbocycles. The van der Waals surface area contributed by atoms with E-state index in [-0.39, 0.29) is 128 Å². The molecule has 0 saturated carbocycles. The summed E-state index contributed by atoms with van der Waals surface area (Å²) in [6, 6.07) is 0. The Morgan fingerprint density at radius 3 is 0.286 bits per heavy atom. The van der Waals surface area contributed by atoms with E-state index in [0.29, 0.717) is 0 Å². The monoisotopic (exact) mass is 250 g/mol. The molecule has 0 atom stereocenters. The maximum Gasteiger partial charge on any atom is 0 e. The third kappa shape index (κ3) is 39.9. The van der Waals surface area contributed by atoms with Crippen LogP contribution in [-0.4, -0.2) is 128 Å². The minimum atomic E-state index is 0. The predicted molar refractivity (Wildman–Crippen MR) is 40.3 cm³/mol. The Labute approximate surface area is 126 Å². The van der Waals surface area contributed by atoms with Crippen molar-refractivity contribution in [1.29, 1.82) is 0 Å². The normalized spacial score (nSPS) is 0. The second-order valence-corrected chi connectivity index (χ2v) is 0. The third-order valence-corrected chi connectivity index (χ3v) is 0. The van der Waals surface area contributed by atoms with Crippen LogP contribution in [0.25, 0.3) is 0 Å². The Balaban J connectivity index is 0. The van der Waals surface area contributed by atoms with E-state index in [9.17, 15) is 0 Å². The van der Waals surface area contributed by atoms with Crippen LogP contribution in [0.4, 0.5) is 0 Å². The topological polar surface area (TPSA) is 0 Å². The molecule has 0 aromatic rings. The van der Waals surface area contributed by atoms with Gasteiger partial charge in [0.2, 0.25) is 0 Å². The van der Waals surface area contributed by atoms with Gasteiger partial charge in [0.05, 0.1) is 0 Å². The second-order valence-electron chi connectivity index (χ2n) is 0. The van der Waals surface area contributed by atoms with E-state index in [1.54, 1.807) is 0 Å². The molecule has 16 valence electrons. The average molecular weight is 246 g/mol. The molecule has 0 bridgehead atoms. The van der Waals surface area contributed by atoms with Gasteiger partial charge in [-0.15, -0.1) is 0 Å². The number of hydrogen-bond acceptors (Lipinski definition) is 0. The van der Waals surface area contributed by atoms with Gasteiger partial charge in [-0.25, -0.2) is 0 Å². The summed E-state index contributed by atoms with van der Waals surface area (Å²) in [6.45, 7) is 0. The Morgan fingerprint density at radius 2 is 0.286 bits per heavy atom. The van der Waals surface area contributed by atoms with Gasteiger partial charge < -0.3 is 0 Å². The molecule has 0 aromatic carbocycles. The van der Waals surface area contributed by atoms with Crippen molar-refractivity contribution in [3.63, 3.8) is 0 Å². The fourth-order valence-electron chi connectivity index (χ4n) is 0. The van der Waals surface area contributed by atoms with Gasteiger partial charge in [0.1, 0.15) is 0 Å². The molecule has 7 heavy (non-hydrogen) atoms. The van der Waals surface area contributed by atoms with Crippen LogP contribution in [0.15, 0.2) is 0 Å². The van der Waals surface area contributed by atoms with Gasteiger partial charge in [-0.3, -0.25) is 0 Å². The van der Waals surface area contributed by atoms with Crippen molar-refractivity contribution < 1.29 is 0 Å². The second kappa shape index (κ2) is 50.5. The van der Waals surface area contributed by atoms with Crippen molar-refractivity contribution >= 4 is 128 Å². The first-order valence-corrected chi connectivity index (χ1v) is 0. The maximum absolute atomic E-state index is 0. The zero-order chi connectivity index (χ0) is 0. The molecule has 0 saturated heterocycles. The molecule has 0 aliphatic heterocycles. The van der Waals surface area contributed by atoms with E-state index in [4.69, 9.17) is 0 Å². The van der Waals surface area contributed by atoms with Crippen LogP contribution < -0.4 is 0 Å². The van der Waals surface area contributed by atoms with Gasteiger partial charge in [0.25, 0.3) is 0 Å². The summed E-state index contributed by atoms with van der Waals surface area (Å²) in [5.41, 5.74) is 0. The van der Waals surface area contributed by atoms with Gasteiger partial charge in [-0.05, 0) is 0 Å². The summed E-state index contributed by atoms with van der Waals surface area (Å²) in [5.74, 6) is 0. The molecule has 0 aromatic heterocycles. The van der Waals surface area contributed by atoms with Crippen LogP contribution in [0.1, 0.15) is 0 Å². The fraction of sp³-hybridized carbons (Fsp3) is 0. The van der Waals surface area contributed by atoms with Crippen molar-refractivity contribution in [3.05, 3.63) is 0 Å². The Hall–Kier alpha value is 4.02. The van der Waals surface area contributed by atoms with Gasteiger partial charge in [-0.1, -0.05) is 0 Å². The first-order valence-electron chi connectivity index (χ1n) is 0. The molecule has 7 heteroatoms. The molecule has 16 radical (unpaired) electrons. The van der Waals surface area contributed by atoms with Crippen molar-refractivity contribution in [2.45, 2.75) is 0 Å². The van der Waals surface area contributed by atoms with E-state index in [1.165, 1.54) is 0 Å². The first kappa shape index (κ1) is 68.5. The Bertz CT molecular complexity index is 6.90. The van der Waals surface area contributed by atoms with E-state index in [0.717, 1.165) is 0 Å². The summed E-state index contributed by atoms with van der Waals surface area (Å²) in [6.07, 6.45) is 0. The van der Waals surface area contributed by atoms with Crippen LogP contribution in [0.2, 0.25) is 0 Å². The van der Waals surface area contributed by atoms with Crippen LogP contribution in [0, 0.1) is 0 Å². The van der Waals surface area contributed by atoms with Crippen LogP contribution in [-0.2, 0) is 0 Å². The zero-order valence-electron chi connectivity index (χ0n) is 5.50. The van der Waals surface area contributed by atoms with Crippen molar-refractivity contribution in [2.75, 3.05) is 0 Å². The molecule has 0 aliphatic rings. The van der Waals surface area contributed by atoms with Gasteiger partial charge in [-0.2, -0.15) is 0 Å². The van der Waals surface area contributed by atoms with E-state index >= 15 is 0 Å². The number of hydrogen-bond donors (Lipinski definition) is 0. The van der Waals surface area contributed by atoms with Crippen LogP contribution >= 0.6 is 0 Å². The molecule has 0 rings (SSSR count). The molecule has 0 heterocycles. The summed E-state index contributed by atoms with van der Waals surface area (Å²) < 4.78 is 0. The van der Waals surface area contributed by atoms with Crippen LogP contribution in [0.5, 0.6) is 0 Å². The molecular formula is Ge3Li4. The van der Waals surface area contributed by atoms with E-state index < -0.39 is 0 Å². The Morgan fingerprint density at radius 1 is 0.286 bits per heavy atom. The van der Waals surface area contributed by atoms with Crippen molar-refractivity contribution in [2.24, 2.45) is 0 Å². The summed E-state index contributed by atoms with van der Waals surface area (Å²) >= 11 is 0. The molecule has 0 unspecified atom stereocenters. The molecule has 0 spiro atoms. The minimum absolute atomic E-state index is 0. The molecule has 0 nitrogen and oxygen atoms in total. The first-order chi connectivity index (χ1) is 0. The SMILES string of the molecule is [Ge].[Ge].[Ge].[Li].[Li].[Li].[Li]. The van der Waals surface area contributed by atoms with E-state index in [2.05, 4.69) is 0 Å². The molecule has 0 N–H and O–H groups in total. The standard InChI is InChI=1S/3Ge.4Li.